The Morgan fingerprint density at radius 3 is 2.18 bits per heavy atom. The molecule has 4 aromatic rings. The highest BCUT2D eigenvalue weighted by Gasteiger charge is 2.16. The summed E-state index contributed by atoms with van der Waals surface area (Å²) >= 11 is 5.99. The van der Waals surface area contributed by atoms with Crippen LogP contribution in [0, 0.1) is 6.92 Å². The van der Waals surface area contributed by atoms with Crippen molar-refractivity contribution in [1.29, 1.82) is 0 Å². The first kappa shape index (κ1) is 26.3. The Balaban J connectivity index is 1.50. The van der Waals surface area contributed by atoms with E-state index in [0.717, 1.165) is 16.7 Å². The quantitative estimate of drug-likeness (QED) is 0.195. The molecule has 0 atom stereocenters. The van der Waals surface area contributed by atoms with Gasteiger partial charge in [0.05, 0.1) is 0 Å². The van der Waals surface area contributed by atoms with E-state index in [2.05, 4.69) is 10.6 Å². The minimum atomic E-state index is -0.488. The molecule has 0 aliphatic heterocycles. The van der Waals surface area contributed by atoms with Crippen molar-refractivity contribution in [3.8, 4) is 0 Å². The van der Waals surface area contributed by atoms with Crippen LogP contribution >= 0.6 is 11.6 Å². The molecule has 0 heterocycles. The number of aryl methyl sites for hydroxylation is 1. The van der Waals surface area contributed by atoms with E-state index >= 15 is 0 Å². The molecule has 0 fully saturated rings. The Bertz CT molecular complexity index is 1520. The van der Waals surface area contributed by atoms with Crippen molar-refractivity contribution in [3.05, 3.63) is 148 Å². The number of hydrogen-bond acceptors (Lipinski definition) is 3. The highest BCUT2D eigenvalue weighted by Crippen LogP contribution is 2.16. The first-order valence-electron chi connectivity index (χ1n) is 11.9. The maximum absolute atomic E-state index is 13.2. The van der Waals surface area contributed by atoms with Crippen molar-refractivity contribution in [1.82, 2.24) is 5.32 Å². The predicted octanol–water partition coefficient (Wildman–Crippen LogP) is 6.95. The number of anilines is 1. The van der Waals surface area contributed by atoms with Crippen molar-refractivity contribution < 1.29 is 14.4 Å². The van der Waals surface area contributed by atoms with Crippen LogP contribution in [0.3, 0.4) is 0 Å². The molecular formula is C32H25ClN2O3. The van der Waals surface area contributed by atoms with Crippen LogP contribution in [-0.2, 0) is 4.79 Å². The number of benzene rings is 4. The van der Waals surface area contributed by atoms with Gasteiger partial charge in [-0.3, -0.25) is 14.4 Å². The van der Waals surface area contributed by atoms with Crippen LogP contribution in [0.15, 0.2) is 115 Å². The molecule has 0 aromatic heterocycles. The standard InChI is InChI=1S/C32H25ClN2O3/c1-22-8-5-6-12-26(22)21-29(35-31(37)25-10-3-2-4-11-25)32(38)34-28-17-15-24(16-18-28)30(36)19-14-23-9-7-13-27(33)20-23/h2-21H,1H3,(H,34,38)(H,35,37)/b19-14+,29-21-. The average Bonchev–Trinajstić information content (AvgIpc) is 2.93. The van der Waals surface area contributed by atoms with Gasteiger partial charge in [0.15, 0.2) is 5.78 Å². The highest BCUT2D eigenvalue weighted by atomic mass is 35.5. The van der Waals surface area contributed by atoms with Gasteiger partial charge in [-0.1, -0.05) is 72.3 Å². The van der Waals surface area contributed by atoms with Gasteiger partial charge in [-0.05, 0) is 84.3 Å². The third-order valence-corrected chi connectivity index (χ3v) is 5.96. The molecule has 188 valence electrons. The van der Waals surface area contributed by atoms with Gasteiger partial charge in [-0.2, -0.15) is 0 Å². The van der Waals surface area contributed by atoms with Crippen molar-refractivity contribution in [3.63, 3.8) is 0 Å². The molecule has 0 radical (unpaired) electrons. The second-order valence-electron chi connectivity index (χ2n) is 8.52. The lowest BCUT2D eigenvalue weighted by Gasteiger charge is -2.12. The molecule has 0 saturated carbocycles. The lowest BCUT2D eigenvalue weighted by molar-refractivity contribution is -0.113. The topological polar surface area (TPSA) is 75.3 Å². The largest absolute Gasteiger partial charge is 0.321 e. The highest BCUT2D eigenvalue weighted by molar-refractivity contribution is 6.30. The summed E-state index contributed by atoms with van der Waals surface area (Å²) in [6.45, 7) is 1.93. The van der Waals surface area contributed by atoms with E-state index in [1.54, 1.807) is 72.8 Å². The van der Waals surface area contributed by atoms with Crippen LogP contribution in [0.2, 0.25) is 5.02 Å². The van der Waals surface area contributed by atoms with Crippen LogP contribution in [0.25, 0.3) is 12.2 Å². The molecule has 5 nitrogen and oxygen atoms in total. The molecule has 0 aliphatic rings. The van der Waals surface area contributed by atoms with E-state index in [1.807, 2.05) is 49.4 Å². The molecule has 2 N–H and O–H groups in total. The van der Waals surface area contributed by atoms with Gasteiger partial charge in [0.2, 0.25) is 0 Å². The number of halogens is 1. The van der Waals surface area contributed by atoms with Gasteiger partial charge in [0.1, 0.15) is 5.70 Å². The number of ketones is 1. The fraction of sp³-hybridized carbons (Fsp3) is 0.0312. The normalized spacial score (nSPS) is 11.3. The first-order valence-corrected chi connectivity index (χ1v) is 12.3. The summed E-state index contributed by atoms with van der Waals surface area (Å²) in [6, 6.07) is 30.0. The molecule has 4 aromatic carbocycles. The van der Waals surface area contributed by atoms with Gasteiger partial charge >= 0.3 is 0 Å². The molecule has 0 spiro atoms. The Labute approximate surface area is 226 Å². The second-order valence-corrected chi connectivity index (χ2v) is 8.96. The van der Waals surface area contributed by atoms with E-state index in [9.17, 15) is 14.4 Å². The molecule has 38 heavy (non-hydrogen) atoms. The zero-order valence-corrected chi connectivity index (χ0v) is 21.4. The molecular weight excluding hydrogens is 496 g/mol. The third-order valence-electron chi connectivity index (χ3n) is 5.72. The van der Waals surface area contributed by atoms with E-state index in [1.165, 1.54) is 6.08 Å². The lowest BCUT2D eigenvalue weighted by Crippen LogP contribution is -2.30. The average molecular weight is 521 g/mol. The summed E-state index contributed by atoms with van der Waals surface area (Å²) in [5.74, 6) is -1.07. The number of carbonyl (C=O) groups excluding carboxylic acids is 3. The van der Waals surface area contributed by atoms with Crippen LogP contribution < -0.4 is 10.6 Å². The summed E-state index contributed by atoms with van der Waals surface area (Å²) in [4.78, 5) is 38.6. The number of hydrogen-bond donors (Lipinski definition) is 2. The van der Waals surface area contributed by atoms with Crippen molar-refractivity contribution >= 4 is 47.0 Å². The number of rotatable bonds is 8. The van der Waals surface area contributed by atoms with E-state index in [-0.39, 0.29) is 11.5 Å². The first-order chi connectivity index (χ1) is 18.4. The summed E-state index contributed by atoms with van der Waals surface area (Å²) in [7, 11) is 0. The zero-order valence-electron chi connectivity index (χ0n) is 20.6. The van der Waals surface area contributed by atoms with E-state index in [0.29, 0.717) is 21.8 Å². The zero-order chi connectivity index (χ0) is 26.9. The van der Waals surface area contributed by atoms with Gasteiger partial charge < -0.3 is 10.6 Å². The monoisotopic (exact) mass is 520 g/mol. The summed E-state index contributed by atoms with van der Waals surface area (Å²) < 4.78 is 0. The number of carbonyl (C=O) groups is 3. The fourth-order valence-corrected chi connectivity index (χ4v) is 3.84. The summed E-state index contributed by atoms with van der Waals surface area (Å²) in [5.41, 5.74) is 4.06. The molecule has 2 amide bonds. The Morgan fingerprint density at radius 1 is 0.763 bits per heavy atom. The van der Waals surface area contributed by atoms with Crippen LogP contribution in [0.1, 0.15) is 37.4 Å². The molecule has 0 unspecified atom stereocenters. The fourth-order valence-electron chi connectivity index (χ4n) is 3.64. The minimum absolute atomic E-state index is 0.0951. The molecule has 4 rings (SSSR count). The maximum atomic E-state index is 13.2. The summed E-state index contributed by atoms with van der Waals surface area (Å²) in [5, 5.41) is 6.13. The van der Waals surface area contributed by atoms with Crippen molar-refractivity contribution in [2.24, 2.45) is 0 Å². The molecule has 0 bridgehead atoms. The van der Waals surface area contributed by atoms with E-state index in [4.69, 9.17) is 11.6 Å². The molecule has 6 heteroatoms. The van der Waals surface area contributed by atoms with Crippen LogP contribution in [0.5, 0.6) is 0 Å². The smallest absolute Gasteiger partial charge is 0.272 e. The van der Waals surface area contributed by atoms with Crippen LogP contribution in [-0.4, -0.2) is 17.6 Å². The van der Waals surface area contributed by atoms with Gasteiger partial charge in [0.25, 0.3) is 11.8 Å². The van der Waals surface area contributed by atoms with Crippen LogP contribution in [0.4, 0.5) is 5.69 Å². The Kier molecular flexibility index (Phi) is 8.65. The second kappa shape index (κ2) is 12.5. The number of amides is 2. The van der Waals surface area contributed by atoms with Gasteiger partial charge in [0, 0.05) is 21.8 Å². The summed E-state index contributed by atoms with van der Waals surface area (Å²) in [6.07, 6.45) is 4.81. The van der Waals surface area contributed by atoms with Crippen molar-refractivity contribution in [2.75, 3.05) is 5.32 Å². The number of allylic oxidation sites excluding steroid dienone is 1. The number of nitrogens with one attached hydrogen (secondary N) is 2. The lowest BCUT2D eigenvalue weighted by atomic mass is 10.1. The minimum Gasteiger partial charge on any atom is -0.321 e. The Hall–Kier alpha value is -4.74. The third kappa shape index (κ3) is 7.15. The van der Waals surface area contributed by atoms with Gasteiger partial charge in [-0.15, -0.1) is 0 Å². The predicted molar refractivity (Wildman–Crippen MR) is 153 cm³/mol. The maximum Gasteiger partial charge on any atom is 0.272 e. The SMILES string of the molecule is Cc1ccccc1/C=C(\NC(=O)c1ccccc1)C(=O)Nc1ccc(C(=O)/C=C/c2cccc(Cl)c2)cc1. The molecule has 0 saturated heterocycles. The molecule has 0 aliphatic carbocycles. The van der Waals surface area contributed by atoms with E-state index < -0.39 is 11.8 Å². The van der Waals surface area contributed by atoms with Crippen molar-refractivity contribution in [2.45, 2.75) is 6.92 Å². The Morgan fingerprint density at radius 2 is 1.47 bits per heavy atom. The van der Waals surface area contributed by atoms with Gasteiger partial charge in [-0.25, -0.2) is 0 Å².